The molecular formula is C15H10BrClF4. The van der Waals surface area contributed by atoms with Crippen LogP contribution in [0, 0.1) is 5.82 Å². The molecule has 0 radical (unpaired) electrons. The van der Waals surface area contributed by atoms with Gasteiger partial charge in [0.2, 0.25) is 0 Å². The number of benzene rings is 2. The van der Waals surface area contributed by atoms with Crippen LogP contribution in [-0.2, 0) is 12.6 Å². The fraction of sp³-hybridized carbons (Fsp3) is 0.200. The molecule has 0 fully saturated rings. The number of rotatable bonds is 3. The summed E-state index contributed by atoms with van der Waals surface area (Å²) in [5.74, 6) is -0.411. The van der Waals surface area contributed by atoms with E-state index in [2.05, 4.69) is 15.9 Å². The van der Waals surface area contributed by atoms with Crippen LogP contribution in [0.3, 0.4) is 0 Å². The average molecular weight is 382 g/mol. The zero-order valence-electron chi connectivity index (χ0n) is 10.6. The van der Waals surface area contributed by atoms with E-state index in [0.717, 1.165) is 12.1 Å². The molecule has 0 bridgehead atoms. The quantitative estimate of drug-likeness (QED) is 0.443. The van der Waals surface area contributed by atoms with Crippen LogP contribution in [-0.4, -0.2) is 0 Å². The van der Waals surface area contributed by atoms with Crippen LogP contribution < -0.4 is 0 Å². The minimum atomic E-state index is -4.36. The first kappa shape index (κ1) is 16.3. The van der Waals surface area contributed by atoms with Gasteiger partial charge in [-0.25, -0.2) is 4.39 Å². The molecule has 0 aromatic heterocycles. The molecule has 2 rings (SSSR count). The Morgan fingerprint density at radius 3 is 2.24 bits per heavy atom. The lowest BCUT2D eigenvalue weighted by Gasteiger charge is -2.13. The van der Waals surface area contributed by atoms with Crippen LogP contribution in [0.4, 0.5) is 17.6 Å². The minimum Gasteiger partial charge on any atom is -0.207 e. The van der Waals surface area contributed by atoms with Crippen molar-refractivity contribution in [3.63, 3.8) is 0 Å². The van der Waals surface area contributed by atoms with E-state index in [1.165, 1.54) is 24.3 Å². The van der Waals surface area contributed by atoms with Gasteiger partial charge in [-0.1, -0.05) is 28.1 Å². The van der Waals surface area contributed by atoms with Crippen LogP contribution in [0.15, 0.2) is 46.9 Å². The third-order valence-electron chi connectivity index (χ3n) is 2.99. The molecule has 0 aliphatic heterocycles. The van der Waals surface area contributed by atoms with Crippen molar-refractivity contribution < 1.29 is 17.6 Å². The Bertz CT molecular complexity index is 623. The second-order valence-electron chi connectivity index (χ2n) is 4.53. The molecule has 2 aromatic rings. The highest BCUT2D eigenvalue weighted by Crippen LogP contribution is 2.33. The SMILES string of the molecule is Fc1ccc(Br)c(C(Cl)Cc2ccc(C(F)(F)F)cc2)c1. The Balaban J connectivity index is 2.16. The van der Waals surface area contributed by atoms with Crippen molar-refractivity contribution in [3.05, 3.63) is 69.4 Å². The van der Waals surface area contributed by atoms with Gasteiger partial charge in [0.15, 0.2) is 0 Å². The van der Waals surface area contributed by atoms with Crippen molar-refractivity contribution >= 4 is 27.5 Å². The molecular weight excluding hydrogens is 372 g/mol. The molecule has 0 aliphatic carbocycles. The molecule has 0 spiro atoms. The van der Waals surface area contributed by atoms with Crippen molar-refractivity contribution in [1.29, 1.82) is 0 Å². The maximum atomic E-state index is 13.2. The Morgan fingerprint density at radius 1 is 1.05 bits per heavy atom. The van der Waals surface area contributed by atoms with E-state index in [9.17, 15) is 17.6 Å². The van der Waals surface area contributed by atoms with Gasteiger partial charge in [-0.05, 0) is 47.9 Å². The monoisotopic (exact) mass is 380 g/mol. The van der Waals surface area contributed by atoms with Crippen LogP contribution in [0.25, 0.3) is 0 Å². The number of halogens is 6. The molecule has 1 atom stereocenters. The van der Waals surface area contributed by atoms with Crippen molar-refractivity contribution in [1.82, 2.24) is 0 Å². The molecule has 0 N–H and O–H groups in total. The van der Waals surface area contributed by atoms with Crippen LogP contribution in [0.5, 0.6) is 0 Å². The average Bonchev–Trinajstić information content (AvgIpc) is 2.41. The smallest absolute Gasteiger partial charge is 0.207 e. The number of alkyl halides is 4. The maximum Gasteiger partial charge on any atom is 0.416 e. The Hall–Kier alpha value is -1.07. The highest BCUT2D eigenvalue weighted by molar-refractivity contribution is 9.10. The van der Waals surface area contributed by atoms with Gasteiger partial charge in [-0.15, -0.1) is 11.6 Å². The van der Waals surface area contributed by atoms with Gasteiger partial charge in [-0.2, -0.15) is 13.2 Å². The first-order chi connectivity index (χ1) is 9.77. The largest absolute Gasteiger partial charge is 0.416 e. The summed E-state index contributed by atoms with van der Waals surface area (Å²) in [6.45, 7) is 0. The fourth-order valence-electron chi connectivity index (χ4n) is 1.90. The molecule has 1 unspecified atom stereocenters. The predicted octanol–water partition coefficient (Wildman–Crippen LogP) is 6.13. The number of hydrogen-bond donors (Lipinski definition) is 0. The first-order valence-corrected chi connectivity index (χ1v) is 7.25. The van der Waals surface area contributed by atoms with Gasteiger partial charge in [-0.3, -0.25) is 0 Å². The van der Waals surface area contributed by atoms with Gasteiger partial charge in [0.25, 0.3) is 0 Å². The fourth-order valence-corrected chi connectivity index (χ4v) is 2.91. The third kappa shape index (κ3) is 4.20. The van der Waals surface area contributed by atoms with Gasteiger partial charge in [0.05, 0.1) is 10.9 Å². The molecule has 0 amide bonds. The highest BCUT2D eigenvalue weighted by atomic mass is 79.9. The van der Waals surface area contributed by atoms with E-state index >= 15 is 0 Å². The molecule has 0 saturated carbocycles. The van der Waals surface area contributed by atoms with Crippen molar-refractivity contribution in [2.75, 3.05) is 0 Å². The molecule has 2 aromatic carbocycles. The van der Waals surface area contributed by atoms with E-state index in [-0.39, 0.29) is 0 Å². The molecule has 6 heteroatoms. The lowest BCUT2D eigenvalue weighted by atomic mass is 10.0. The standard InChI is InChI=1S/C15H10BrClF4/c16-13-6-5-11(18)8-12(13)14(17)7-9-1-3-10(4-2-9)15(19,20)21/h1-6,8,14H,7H2. The lowest BCUT2D eigenvalue weighted by Crippen LogP contribution is -2.05. The van der Waals surface area contributed by atoms with Gasteiger partial charge in [0.1, 0.15) is 5.82 Å². The minimum absolute atomic E-state index is 0.307. The Kier molecular flexibility index (Phi) is 4.94. The molecule has 0 saturated heterocycles. The summed E-state index contributed by atoms with van der Waals surface area (Å²) in [4.78, 5) is 0. The van der Waals surface area contributed by atoms with Gasteiger partial charge >= 0.3 is 6.18 Å². The van der Waals surface area contributed by atoms with E-state index in [1.54, 1.807) is 6.07 Å². The predicted molar refractivity (Wildman–Crippen MR) is 77.8 cm³/mol. The molecule has 21 heavy (non-hydrogen) atoms. The Labute approximate surface area is 132 Å². The van der Waals surface area contributed by atoms with Crippen LogP contribution >= 0.6 is 27.5 Å². The van der Waals surface area contributed by atoms with E-state index in [4.69, 9.17) is 11.6 Å². The summed E-state index contributed by atoms with van der Waals surface area (Å²) in [7, 11) is 0. The summed E-state index contributed by atoms with van der Waals surface area (Å²) in [6, 6.07) is 8.95. The highest BCUT2D eigenvalue weighted by Gasteiger charge is 2.30. The second-order valence-corrected chi connectivity index (χ2v) is 5.91. The molecule has 0 heterocycles. The maximum absolute atomic E-state index is 13.2. The normalized spacial score (nSPS) is 13.2. The van der Waals surface area contributed by atoms with E-state index in [0.29, 0.717) is 22.0 Å². The van der Waals surface area contributed by atoms with Crippen LogP contribution in [0.2, 0.25) is 0 Å². The zero-order chi connectivity index (χ0) is 15.6. The summed E-state index contributed by atoms with van der Waals surface area (Å²) in [5.41, 5.74) is 0.514. The molecule has 112 valence electrons. The topological polar surface area (TPSA) is 0 Å². The summed E-state index contributed by atoms with van der Waals surface area (Å²) >= 11 is 9.51. The van der Waals surface area contributed by atoms with Crippen LogP contribution in [0.1, 0.15) is 22.1 Å². The summed E-state index contributed by atoms with van der Waals surface area (Å²) < 4.78 is 51.3. The van der Waals surface area contributed by atoms with Gasteiger partial charge in [0, 0.05) is 4.47 Å². The number of hydrogen-bond acceptors (Lipinski definition) is 0. The summed E-state index contributed by atoms with van der Waals surface area (Å²) in [5, 5.41) is -0.535. The molecule has 0 aliphatic rings. The second kappa shape index (κ2) is 6.36. The van der Waals surface area contributed by atoms with E-state index in [1.807, 2.05) is 0 Å². The van der Waals surface area contributed by atoms with E-state index < -0.39 is 22.9 Å². The van der Waals surface area contributed by atoms with Crippen molar-refractivity contribution in [2.45, 2.75) is 18.0 Å². The van der Waals surface area contributed by atoms with Crippen molar-refractivity contribution in [2.24, 2.45) is 0 Å². The third-order valence-corrected chi connectivity index (χ3v) is 4.10. The Morgan fingerprint density at radius 2 is 1.67 bits per heavy atom. The first-order valence-electron chi connectivity index (χ1n) is 6.02. The summed E-state index contributed by atoms with van der Waals surface area (Å²) in [6.07, 6.45) is -4.05. The van der Waals surface area contributed by atoms with Crippen molar-refractivity contribution in [3.8, 4) is 0 Å². The van der Waals surface area contributed by atoms with Gasteiger partial charge < -0.3 is 0 Å². The lowest BCUT2D eigenvalue weighted by molar-refractivity contribution is -0.137. The zero-order valence-corrected chi connectivity index (χ0v) is 12.9. The molecule has 0 nitrogen and oxygen atoms in total.